The third-order valence-corrected chi connectivity index (χ3v) is 7.56. The summed E-state index contributed by atoms with van der Waals surface area (Å²) >= 11 is 1.14. The Labute approximate surface area is 226 Å². The SMILES string of the molecule is COc1ccc(C=C(c2ccc3[nH]ncc3c2)c2sc(NCCCN3CCCC3=O)nc2O)c(C(F)(F)F)c1. The number of methoxy groups -OCH3 is 1. The van der Waals surface area contributed by atoms with Gasteiger partial charge in [-0.25, -0.2) is 0 Å². The highest BCUT2D eigenvalue weighted by Crippen LogP contribution is 2.41. The van der Waals surface area contributed by atoms with Crippen molar-refractivity contribution in [1.82, 2.24) is 20.1 Å². The minimum atomic E-state index is -4.63. The van der Waals surface area contributed by atoms with Crippen molar-refractivity contribution in [3.05, 3.63) is 64.2 Å². The third-order valence-electron chi connectivity index (χ3n) is 6.52. The zero-order valence-electron chi connectivity index (χ0n) is 21.0. The Balaban J connectivity index is 1.49. The molecule has 0 radical (unpaired) electrons. The van der Waals surface area contributed by atoms with Crippen molar-refractivity contribution in [1.29, 1.82) is 0 Å². The van der Waals surface area contributed by atoms with Crippen LogP contribution in [0.3, 0.4) is 0 Å². The molecule has 4 aromatic rings. The van der Waals surface area contributed by atoms with E-state index in [4.69, 9.17) is 4.74 Å². The van der Waals surface area contributed by atoms with Gasteiger partial charge in [0.2, 0.25) is 11.8 Å². The van der Waals surface area contributed by atoms with Crippen molar-refractivity contribution < 1.29 is 27.8 Å². The van der Waals surface area contributed by atoms with Crippen LogP contribution in [0.5, 0.6) is 11.6 Å². The van der Waals surface area contributed by atoms with Gasteiger partial charge in [-0.3, -0.25) is 9.89 Å². The Hall–Kier alpha value is -4.06. The smallest absolute Gasteiger partial charge is 0.417 e. The van der Waals surface area contributed by atoms with Gasteiger partial charge in [0, 0.05) is 37.0 Å². The number of benzene rings is 2. The summed E-state index contributed by atoms with van der Waals surface area (Å²) in [6, 6.07) is 9.08. The first kappa shape index (κ1) is 26.5. The molecule has 1 aliphatic rings. The minimum Gasteiger partial charge on any atom is -0.497 e. The second-order valence-corrected chi connectivity index (χ2v) is 10.1. The maximum absolute atomic E-state index is 14.0. The van der Waals surface area contributed by atoms with Gasteiger partial charge in [-0.2, -0.15) is 23.3 Å². The number of thiazole rings is 1. The van der Waals surface area contributed by atoms with Crippen LogP contribution in [-0.2, 0) is 11.0 Å². The van der Waals surface area contributed by atoms with Crippen LogP contribution in [0, 0.1) is 0 Å². The maximum Gasteiger partial charge on any atom is 0.417 e. The van der Waals surface area contributed by atoms with Gasteiger partial charge in [0.25, 0.3) is 0 Å². The maximum atomic E-state index is 14.0. The van der Waals surface area contributed by atoms with Crippen molar-refractivity contribution in [3.8, 4) is 11.6 Å². The number of H-pyrrole nitrogens is 1. The summed E-state index contributed by atoms with van der Waals surface area (Å²) in [6.45, 7) is 1.91. The highest BCUT2D eigenvalue weighted by atomic mass is 32.1. The number of amides is 1. The van der Waals surface area contributed by atoms with Gasteiger partial charge < -0.3 is 20.1 Å². The summed E-state index contributed by atoms with van der Waals surface area (Å²) in [5, 5.41) is 22.0. The third kappa shape index (κ3) is 5.85. The molecule has 1 amide bonds. The van der Waals surface area contributed by atoms with E-state index in [1.165, 1.54) is 25.3 Å². The molecule has 5 rings (SSSR count). The van der Waals surface area contributed by atoms with Crippen molar-refractivity contribution in [2.45, 2.75) is 25.4 Å². The topological polar surface area (TPSA) is 103 Å². The lowest BCUT2D eigenvalue weighted by atomic mass is 9.97. The number of halogens is 3. The molecule has 12 heteroatoms. The van der Waals surface area contributed by atoms with Crippen LogP contribution in [0.25, 0.3) is 22.6 Å². The van der Waals surface area contributed by atoms with Crippen molar-refractivity contribution in [2.75, 3.05) is 32.1 Å². The van der Waals surface area contributed by atoms with Crippen LogP contribution in [0.1, 0.15) is 40.8 Å². The zero-order valence-corrected chi connectivity index (χ0v) is 21.8. The number of hydrogen-bond donors (Lipinski definition) is 3. The van der Waals surface area contributed by atoms with Crippen LogP contribution >= 0.6 is 11.3 Å². The van der Waals surface area contributed by atoms with Crippen LogP contribution in [-0.4, -0.2) is 57.8 Å². The summed E-state index contributed by atoms with van der Waals surface area (Å²) in [4.78, 5) is 18.2. The van der Waals surface area contributed by atoms with E-state index < -0.39 is 11.7 Å². The molecule has 1 aliphatic heterocycles. The molecule has 0 saturated carbocycles. The molecule has 2 aromatic heterocycles. The van der Waals surface area contributed by atoms with E-state index in [9.17, 15) is 23.1 Å². The highest BCUT2D eigenvalue weighted by Gasteiger charge is 2.34. The predicted octanol–water partition coefficient (Wildman–Crippen LogP) is 5.77. The Morgan fingerprint density at radius 3 is 2.87 bits per heavy atom. The van der Waals surface area contributed by atoms with Gasteiger partial charge in [-0.15, -0.1) is 0 Å². The van der Waals surface area contributed by atoms with E-state index in [1.807, 2.05) is 4.90 Å². The number of aromatic amines is 1. The van der Waals surface area contributed by atoms with Gasteiger partial charge in [-0.05, 0) is 54.3 Å². The summed E-state index contributed by atoms with van der Waals surface area (Å²) in [6.07, 6.45) is 0.553. The fourth-order valence-corrected chi connectivity index (χ4v) is 5.47. The summed E-state index contributed by atoms with van der Waals surface area (Å²) in [7, 11) is 1.31. The van der Waals surface area contributed by atoms with Crippen molar-refractivity contribution >= 4 is 44.9 Å². The molecule has 0 unspecified atom stereocenters. The van der Waals surface area contributed by atoms with Gasteiger partial charge >= 0.3 is 6.18 Å². The summed E-state index contributed by atoms with van der Waals surface area (Å²) in [5.74, 6) is -0.0493. The number of nitrogens with zero attached hydrogens (tertiary/aromatic N) is 3. The zero-order chi connectivity index (χ0) is 27.6. The Kier molecular flexibility index (Phi) is 7.47. The molecule has 0 aliphatic carbocycles. The van der Waals surface area contributed by atoms with Gasteiger partial charge in [0.15, 0.2) is 5.13 Å². The number of rotatable bonds is 9. The normalized spacial score (nSPS) is 14.4. The average Bonchev–Trinajstić information content (AvgIpc) is 3.64. The first-order valence-electron chi connectivity index (χ1n) is 12.3. The number of aromatic hydroxyl groups is 1. The van der Waals surface area contributed by atoms with Gasteiger partial charge in [-0.1, -0.05) is 23.5 Å². The number of likely N-dealkylation sites (tertiary alicyclic amines) is 1. The second-order valence-electron chi connectivity index (χ2n) is 9.12. The fraction of sp³-hybridized carbons (Fsp3) is 0.296. The lowest BCUT2D eigenvalue weighted by Gasteiger charge is -2.15. The van der Waals surface area contributed by atoms with Gasteiger partial charge in [0.05, 0.1) is 24.4 Å². The number of ether oxygens (including phenoxy) is 1. The molecule has 204 valence electrons. The minimum absolute atomic E-state index is 0.0804. The number of carbonyl (C=O) groups excluding carboxylic acids is 1. The summed E-state index contributed by atoms with van der Waals surface area (Å²) in [5.41, 5.74) is 0.794. The average molecular weight is 558 g/mol. The van der Waals surface area contributed by atoms with Crippen LogP contribution in [0.4, 0.5) is 18.3 Å². The van der Waals surface area contributed by atoms with Crippen molar-refractivity contribution in [3.63, 3.8) is 0 Å². The first-order valence-corrected chi connectivity index (χ1v) is 13.2. The van der Waals surface area contributed by atoms with Crippen molar-refractivity contribution in [2.24, 2.45) is 0 Å². The number of carbonyl (C=O) groups is 1. The molecule has 0 bridgehead atoms. The van der Waals surface area contributed by atoms with Crippen LogP contribution < -0.4 is 10.1 Å². The molecule has 3 N–H and O–H groups in total. The van der Waals surface area contributed by atoms with E-state index in [-0.39, 0.29) is 23.1 Å². The Bertz CT molecular complexity index is 1530. The summed E-state index contributed by atoms with van der Waals surface area (Å²) < 4.78 is 47.0. The quantitative estimate of drug-likeness (QED) is 0.179. The van der Waals surface area contributed by atoms with Gasteiger partial charge in [0.1, 0.15) is 10.6 Å². The molecule has 1 fully saturated rings. The number of nitrogens with one attached hydrogen (secondary N) is 2. The van der Waals surface area contributed by atoms with Crippen LogP contribution in [0.15, 0.2) is 42.6 Å². The predicted molar refractivity (Wildman–Crippen MR) is 144 cm³/mol. The van der Waals surface area contributed by atoms with Crippen LogP contribution in [0.2, 0.25) is 0 Å². The lowest BCUT2D eigenvalue weighted by molar-refractivity contribution is -0.137. The van der Waals surface area contributed by atoms with E-state index in [0.29, 0.717) is 47.1 Å². The molecule has 0 atom stereocenters. The van der Waals surface area contributed by atoms with E-state index in [0.717, 1.165) is 41.3 Å². The number of hydrogen-bond acceptors (Lipinski definition) is 7. The standard InChI is InChI=1S/C27H26F3N5O3S/c1-38-19-7-5-17(21(14-19)27(28,29)30)13-20(16-6-8-22-18(12-16)15-32-34-22)24-25(37)33-26(39-24)31-9-3-11-35-10-2-4-23(35)36/h5-8,12-15,37H,2-4,9-11H2,1H3,(H,31,33)(H,32,34). The molecule has 8 nitrogen and oxygen atoms in total. The number of fused-ring (bicyclic) bond motifs is 1. The number of alkyl halides is 3. The number of aromatic nitrogens is 3. The highest BCUT2D eigenvalue weighted by molar-refractivity contribution is 7.17. The fourth-order valence-electron chi connectivity index (χ4n) is 4.55. The Morgan fingerprint density at radius 2 is 2.13 bits per heavy atom. The van der Waals surface area contributed by atoms with E-state index in [2.05, 4.69) is 20.5 Å². The van der Waals surface area contributed by atoms with E-state index >= 15 is 0 Å². The number of anilines is 1. The molecule has 2 aromatic carbocycles. The second kappa shape index (κ2) is 11.0. The van der Waals surface area contributed by atoms with E-state index in [1.54, 1.807) is 24.4 Å². The molecule has 3 heterocycles. The molecule has 1 saturated heterocycles. The lowest BCUT2D eigenvalue weighted by Crippen LogP contribution is -2.26. The molecule has 0 spiro atoms. The monoisotopic (exact) mass is 557 g/mol. The largest absolute Gasteiger partial charge is 0.497 e. The Morgan fingerprint density at radius 1 is 1.28 bits per heavy atom. The first-order chi connectivity index (χ1) is 18.7. The molecule has 39 heavy (non-hydrogen) atoms. The molecular weight excluding hydrogens is 531 g/mol. The molecular formula is C27H26F3N5O3S.